The molecule has 2 aromatic carbocycles. The minimum absolute atomic E-state index is 0.343. The Hall–Kier alpha value is -1.61. The number of rotatable bonds is 11. The fraction of sp³-hybridized carbons (Fsp3) is 0.556. The number of hydrogen-bond donors (Lipinski definition) is 0. The van der Waals surface area contributed by atoms with Crippen molar-refractivity contribution in [3.8, 4) is 22.6 Å². The summed E-state index contributed by atoms with van der Waals surface area (Å²) < 4.78 is 24.1. The summed E-state index contributed by atoms with van der Waals surface area (Å²) in [7, 11) is 2.09. The summed E-state index contributed by atoms with van der Waals surface area (Å²) in [5, 5.41) is 0.951. The molecule has 0 unspecified atom stereocenters. The molecule has 0 atom stereocenters. The molecule has 0 saturated heterocycles. The van der Waals surface area contributed by atoms with E-state index in [0.717, 1.165) is 22.4 Å². The smallest absolute Gasteiger partial charge is 0.209 e. The lowest BCUT2D eigenvalue weighted by atomic mass is 9.81. The van der Waals surface area contributed by atoms with Gasteiger partial charge in [0.1, 0.15) is 11.5 Å². The zero-order valence-electron chi connectivity index (χ0n) is 21.5. The van der Waals surface area contributed by atoms with Crippen molar-refractivity contribution < 1.29 is 18.5 Å². The summed E-state index contributed by atoms with van der Waals surface area (Å²) in [6.07, 6.45) is 0. The van der Waals surface area contributed by atoms with Crippen LogP contribution in [-0.2, 0) is 9.05 Å². The first kappa shape index (κ1) is 26.6. The molecule has 0 N–H and O–H groups in total. The topological polar surface area (TPSA) is 36.9 Å². The molecule has 0 bridgehead atoms. The predicted octanol–water partition coefficient (Wildman–Crippen LogP) is 7.75. The van der Waals surface area contributed by atoms with E-state index in [1.165, 1.54) is 22.3 Å². The van der Waals surface area contributed by atoms with Gasteiger partial charge >= 0.3 is 0 Å². The van der Waals surface area contributed by atoms with E-state index in [1.807, 2.05) is 26.0 Å². The van der Waals surface area contributed by atoms with Gasteiger partial charge in [0.05, 0.1) is 32.7 Å². The van der Waals surface area contributed by atoms with Gasteiger partial charge in [0.2, 0.25) is 8.38 Å². The molecule has 4 nitrogen and oxygen atoms in total. The van der Waals surface area contributed by atoms with E-state index in [2.05, 4.69) is 53.7 Å². The van der Waals surface area contributed by atoms with Crippen molar-refractivity contribution in [1.29, 1.82) is 0 Å². The molecule has 0 amide bonds. The molecule has 0 aliphatic heterocycles. The van der Waals surface area contributed by atoms with Crippen LogP contribution in [-0.4, -0.2) is 27.4 Å². The highest BCUT2D eigenvalue weighted by molar-refractivity contribution is 7.56. The Morgan fingerprint density at radius 1 is 0.688 bits per heavy atom. The fourth-order valence-corrected chi connectivity index (χ4v) is 5.51. The first-order valence-corrected chi connectivity index (χ1v) is 12.9. The summed E-state index contributed by atoms with van der Waals surface area (Å²) >= 11 is 0. The lowest BCUT2D eigenvalue weighted by Crippen LogP contribution is -2.16. The quantitative estimate of drug-likeness (QED) is 0.321. The molecule has 2 rings (SSSR count). The maximum absolute atomic E-state index is 6.14. The largest absolute Gasteiger partial charge is 0.496 e. The molecule has 32 heavy (non-hydrogen) atoms. The molecule has 0 aromatic heterocycles. The third kappa shape index (κ3) is 5.65. The molecule has 0 spiro atoms. The predicted molar refractivity (Wildman–Crippen MR) is 137 cm³/mol. The number of ether oxygens (including phenoxy) is 2. The molecule has 0 fully saturated rings. The van der Waals surface area contributed by atoms with E-state index in [9.17, 15) is 0 Å². The molecule has 2 aromatic rings. The van der Waals surface area contributed by atoms with Gasteiger partial charge in [-0.05, 0) is 66.0 Å². The van der Waals surface area contributed by atoms with E-state index < -0.39 is 8.38 Å². The Kier molecular flexibility index (Phi) is 10.0. The van der Waals surface area contributed by atoms with Crippen molar-refractivity contribution in [3.05, 3.63) is 41.0 Å². The van der Waals surface area contributed by atoms with Gasteiger partial charge < -0.3 is 18.5 Å². The first-order valence-electron chi connectivity index (χ1n) is 11.7. The Balaban J connectivity index is 3.07. The lowest BCUT2D eigenvalue weighted by Gasteiger charge is -2.28. The Bertz CT molecular complexity index is 854. The standard InChI is InChI=1S/C27H41O4P/c1-11-30-32(31-12-2)27-24(29-10)14-13-23(28-9)26(27)25-21(18(5)6)15-20(17(3)4)16-22(25)19(7)8/h13-19H,11-12H2,1-10H3. The summed E-state index contributed by atoms with van der Waals surface area (Å²) in [6, 6.07) is 8.68. The van der Waals surface area contributed by atoms with E-state index in [-0.39, 0.29) is 0 Å². The highest BCUT2D eigenvalue weighted by atomic mass is 31.2. The molecule has 0 aliphatic rings. The van der Waals surface area contributed by atoms with Crippen LogP contribution in [0, 0.1) is 0 Å². The molecule has 0 saturated carbocycles. The van der Waals surface area contributed by atoms with E-state index in [0.29, 0.717) is 31.0 Å². The Labute approximate surface area is 196 Å². The van der Waals surface area contributed by atoms with Crippen molar-refractivity contribution >= 4 is 13.7 Å². The summed E-state index contributed by atoms with van der Waals surface area (Å²) in [6.45, 7) is 18.7. The lowest BCUT2D eigenvalue weighted by molar-refractivity contribution is 0.276. The van der Waals surface area contributed by atoms with E-state index in [4.69, 9.17) is 18.5 Å². The maximum atomic E-state index is 6.14. The van der Waals surface area contributed by atoms with Gasteiger partial charge in [0.25, 0.3) is 0 Å². The fourth-order valence-electron chi connectivity index (χ4n) is 3.96. The van der Waals surface area contributed by atoms with Crippen LogP contribution in [0.5, 0.6) is 11.5 Å². The van der Waals surface area contributed by atoms with Crippen LogP contribution in [0.3, 0.4) is 0 Å². The van der Waals surface area contributed by atoms with E-state index in [1.54, 1.807) is 14.2 Å². The Morgan fingerprint density at radius 3 is 1.53 bits per heavy atom. The average molecular weight is 461 g/mol. The summed E-state index contributed by atoms with van der Waals surface area (Å²) in [4.78, 5) is 0. The summed E-state index contributed by atoms with van der Waals surface area (Å²) in [5.74, 6) is 2.72. The van der Waals surface area contributed by atoms with Crippen LogP contribution >= 0.6 is 8.38 Å². The SMILES string of the molecule is CCOP(OCC)c1c(OC)ccc(OC)c1-c1c(C(C)C)cc(C(C)C)cc1C(C)C. The molecular formula is C27H41O4P. The highest BCUT2D eigenvalue weighted by Gasteiger charge is 2.30. The van der Waals surface area contributed by atoms with Crippen LogP contribution in [0.1, 0.15) is 89.8 Å². The van der Waals surface area contributed by atoms with Crippen molar-refractivity contribution in [2.45, 2.75) is 73.1 Å². The van der Waals surface area contributed by atoms with E-state index >= 15 is 0 Å². The molecular weight excluding hydrogens is 419 g/mol. The Morgan fingerprint density at radius 2 is 1.16 bits per heavy atom. The second-order valence-electron chi connectivity index (χ2n) is 8.82. The average Bonchev–Trinajstić information content (AvgIpc) is 2.76. The zero-order chi connectivity index (χ0) is 24.0. The van der Waals surface area contributed by atoms with Crippen LogP contribution in [0.25, 0.3) is 11.1 Å². The highest BCUT2D eigenvalue weighted by Crippen LogP contribution is 2.50. The molecule has 0 aliphatic carbocycles. The van der Waals surface area contributed by atoms with Crippen LogP contribution in [0.2, 0.25) is 0 Å². The van der Waals surface area contributed by atoms with Gasteiger partial charge in [0, 0.05) is 5.56 Å². The number of methoxy groups -OCH3 is 2. The van der Waals surface area contributed by atoms with Crippen molar-refractivity contribution in [1.82, 2.24) is 0 Å². The second-order valence-corrected chi connectivity index (χ2v) is 10.3. The normalized spacial score (nSPS) is 11.8. The van der Waals surface area contributed by atoms with Gasteiger partial charge in [-0.1, -0.05) is 53.7 Å². The van der Waals surface area contributed by atoms with Crippen LogP contribution < -0.4 is 14.8 Å². The van der Waals surface area contributed by atoms with Gasteiger partial charge in [-0.3, -0.25) is 0 Å². The second kappa shape index (κ2) is 12.0. The van der Waals surface area contributed by atoms with Crippen molar-refractivity contribution in [2.75, 3.05) is 27.4 Å². The zero-order valence-corrected chi connectivity index (χ0v) is 22.4. The van der Waals surface area contributed by atoms with Crippen molar-refractivity contribution in [2.24, 2.45) is 0 Å². The molecule has 0 radical (unpaired) electrons. The van der Waals surface area contributed by atoms with Gasteiger partial charge in [-0.2, -0.15) is 0 Å². The number of hydrogen-bond acceptors (Lipinski definition) is 4. The molecule has 178 valence electrons. The number of benzene rings is 2. The van der Waals surface area contributed by atoms with Gasteiger partial charge in [-0.15, -0.1) is 0 Å². The molecule has 0 heterocycles. The molecule has 5 heteroatoms. The maximum Gasteiger partial charge on any atom is 0.209 e. The van der Waals surface area contributed by atoms with Crippen LogP contribution in [0.15, 0.2) is 24.3 Å². The third-order valence-corrected chi connectivity index (χ3v) is 7.39. The van der Waals surface area contributed by atoms with Gasteiger partial charge in [0.15, 0.2) is 0 Å². The summed E-state index contributed by atoms with van der Waals surface area (Å²) in [5.41, 5.74) is 6.24. The van der Waals surface area contributed by atoms with Gasteiger partial charge in [-0.25, -0.2) is 0 Å². The van der Waals surface area contributed by atoms with Crippen molar-refractivity contribution in [3.63, 3.8) is 0 Å². The minimum atomic E-state index is -1.34. The third-order valence-electron chi connectivity index (χ3n) is 5.60. The minimum Gasteiger partial charge on any atom is -0.496 e. The monoisotopic (exact) mass is 460 g/mol. The first-order chi connectivity index (χ1) is 15.2. The van der Waals surface area contributed by atoms with Crippen LogP contribution in [0.4, 0.5) is 0 Å².